The van der Waals surface area contributed by atoms with Crippen molar-refractivity contribution in [3.05, 3.63) is 40.5 Å². The van der Waals surface area contributed by atoms with Gasteiger partial charge in [-0.25, -0.2) is 0 Å². The Morgan fingerprint density at radius 3 is 2.79 bits per heavy atom. The molecule has 0 fully saturated rings. The highest BCUT2D eigenvalue weighted by Crippen LogP contribution is 2.29. The monoisotopic (exact) mass is 183 g/mol. The van der Waals surface area contributed by atoms with Gasteiger partial charge in [-0.1, -0.05) is 31.6 Å². The molecule has 0 aliphatic heterocycles. The van der Waals surface area contributed by atoms with Crippen LogP contribution in [0.3, 0.4) is 0 Å². The molecule has 1 aromatic rings. The number of hydrogen-bond acceptors (Lipinski definition) is 1. The molecule has 14 heavy (non-hydrogen) atoms. The lowest BCUT2D eigenvalue weighted by Crippen LogP contribution is -1.92. The minimum absolute atomic E-state index is 0.605. The van der Waals surface area contributed by atoms with Gasteiger partial charge < -0.3 is 0 Å². The molecule has 1 nitrogen and oxygen atoms in total. The van der Waals surface area contributed by atoms with Crippen LogP contribution >= 0.6 is 0 Å². The van der Waals surface area contributed by atoms with Crippen molar-refractivity contribution >= 4 is 6.08 Å². The summed E-state index contributed by atoms with van der Waals surface area (Å²) in [6.45, 7) is 4.42. The first-order valence-corrected chi connectivity index (χ1v) is 4.94. The van der Waals surface area contributed by atoms with E-state index in [-0.39, 0.29) is 0 Å². The van der Waals surface area contributed by atoms with Crippen LogP contribution in [0.4, 0.5) is 0 Å². The Labute approximate surface area is 84.7 Å². The normalized spacial score (nSPS) is 13.7. The first kappa shape index (κ1) is 9.02. The number of hydrogen-bond donors (Lipinski definition) is 0. The van der Waals surface area contributed by atoms with Gasteiger partial charge in [0.2, 0.25) is 0 Å². The van der Waals surface area contributed by atoms with Gasteiger partial charge in [-0.3, -0.25) is 0 Å². The van der Waals surface area contributed by atoms with Crippen LogP contribution in [0.25, 0.3) is 6.08 Å². The molecule has 0 radical (unpaired) electrons. The molecule has 0 aromatic heterocycles. The van der Waals surface area contributed by atoms with Crippen LogP contribution in [-0.2, 0) is 6.42 Å². The molecule has 1 aromatic carbocycles. The largest absolute Gasteiger partial charge is 0.192 e. The SMILES string of the molecule is CC(C)C1=Cc2cc(C#N)ccc2C1. The minimum Gasteiger partial charge on any atom is -0.192 e. The average Bonchev–Trinajstić information content (AvgIpc) is 2.59. The summed E-state index contributed by atoms with van der Waals surface area (Å²) in [5.74, 6) is 0.605. The zero-order valence-electron chi connectivity index (χ0n) is 8.54. The lowest BCUT2D eigenvalue weighted by molar-refractivity contribution is 0.754. The smallest absolute Gasteiger partial charge is 0.0991 e. The zero-order chi connectivity index (χ0) is 10.1. The molecule has 1 heteroatoms. The van der Waals surface area contributed by atoms with Crippen LogP contribution in [0.5, 0.6) is 0 Å². The van der Waals surface area contributed by atoms with Gasteiger partial charge in [-0.2, -0.15) is 5.26 Å². The molecule has 0 saturated heterocycles. The van der Waals surface area contributed by atoms with Crippen LogP contribution in [0.2, 0.25) is 0 Å². The quantitative estimate of drug-likeness (QED) is 0.656. The predicted molar refractivity (Wildman–Crippen MR) is 57.7 cm³/mol. The number of nitriles is 1. The highest BCUT2D eigenvalue weighted by Gasteiger charge is 2.14. The standard InChI is InChI=1S/C13H13N/c1-9(2)12-6-11-4-3-10(8-14)5-13(11)7-12/h3-5,7,9H,6H2,1-2H3. The summed E-state index contributed by atoms with van der Waals surface area (Å²) in [6, 6.07) is 8.12. The number of fused-ring (bicyclic) bond motifs is 1. The highest BCUT2D eigenvalue weighted by atomic mass is 14.2. The summed E-state index contributed by atoms with van der Waals surface area (Å²) in [5, 5.41) is 8.77. The van der Waals surface area contributed by atoms with E-state index in [0.29, 0.717) is 5.92 Å². The summed E-state index contributed by atoms with van der Waals surface area (Å²) >= 11 is 0. The first-order valence-electron chi connectivity index (χ1n) is 4.94. The van der Waals surface area contributed by atoms with Crippen molar-refractivity contribution in [1.82, 2.24) is 0 Å². The van der Waals surface area contributed by atoms with Crippen LogP contribution in [0.1, 0.15) is 30.5 Å². The molecule has 0 atom stereocenters. The van der Waals surface area contributed by atoms with Crippen LogP contribution in [0, 0.1) is 17.2 Å². The van der Waals surface area contributed by atoms with Gasteiger partial charge in [-0.15, -0.1) is 0 Å². The fraction of sp³-hybridized carbons (Fsp3) is 0.308. The molecule has 0 bridgehead atoms. The van der Waals surface area contributed by atoms with Crippen molar-refractivity contribution in [2.24, 2.45) is 5.92 Å². The summed E-state index contributed by atoms with van der Waals surface area (Å²) in [4.78, 5) is 0. The van der Waals surface area contributed by atoms with Gasteiger partial charge in [0, 0.05) is 0 Å². The van der Waals surface area contributed by atoms with Crippen LogP contribution < -0.4 is 0 Å². The molecule has 0 N–H and O–H groups in total. The molecular weight excluding hydrogens is 170 g/mol. The van der Waals surface area contributed by atoms with Crippen molar-refractivity contribution in [3.8, 4) is 6.07 Å². The summed E-state index contributed by atoms with van der Waals surface area (Å²) < 4.78 is 0. The molecule has 0 saturated carbocycles. The number of allylic oxidation sites excluding steroid dienone is 1. The minimum atomic E-state index is 0.605. The second-order valence-corrected chi connectivity index (χ2v) is 4.08. The van der Waals surface area contributed by atoms with Crippen molar-refractivity contribution < 1.29 is 0 Å². The fourth-order valence-electron chi connectivity index (χ4n) is 1.80. The van der Waals surface area contributed by atoms with E-state index in [1.807, 2.05) is 12.1 Å². The predicted octanol–water partition coefficient (Wildman–Crippen LogP) is 3.15. The van der Waals surface area contributed by atoms with Crippen molar-refractivity contribution in [1.29, 1.82) is 5.26 Å². The lowest BCUT2D eigenvalue weighted by atomic mass is 10.0. The Kier molecular flexibility index (Phi) is 2.13. The van der Waals surface area contributed by atoms with Crippen LogP contribution in [0.15, 0.2) is 23.8 Å². The molecule has 2 rings (SSSR count). The third-order valence-corrected chi connectivity index (χ3v) is 2.75. The third kappa shape index (κ3) is 1.44. The molecular formula is C13H13N. The van der Waals surface area contributed by atoms with Gasteiger partial charge in [0.25, 0.3) is 0 Å². The Balaban J connectivity index is 2.40. The second kappa shape index (κ2) is 3.31. The van der Waals surface area contributed by atoms with Crippen molar-refractivity contribution in [3.63, 3.8) is 0 Å². The third-order valence-electron chi connectivity index (χ3n) is 2.75. The zero-order valence-corrected chi connectivity index (χ0v) is 8.54. The molecule has 0 spiro atoms. The maximum absolute atomic E-state index is 8.77. The molecule has 0 amide bonds. The van der Waals surface area contributed by atoms with Gasteiger partial charge >= 0.3 is 0 Å². The molecule has 70 valence electrons. The van der Waals surface area contributed by atoms with Crippen molar-refractivity contribution in [2.75, 3.05) is 0 Å². The van der Waals surface area contributed by atoms with Gasteiger partial charge in [0.05, 0.1) is 11.6 Å². The Hall–Kier alpha value is -1.55. The van der Waals surface area contributed by atoms with E-state index in [0.717, 1.165) is 12.0 Å². The summed E-state index contributed by atoms with van der Waals surface area (Å²) in [7, 11) is 0. The van der Waals surface area contributed by atoms with E-state index in [2.05, 4.69) is 32.1 Å². The molecule has 1 aliphatic rings. The Morgan fingerprint density at radius 2 is 2.14 bits per heavy atom. The Bertz CT molecular complexity index is 433. The maximum Gasteiger partial charge on any atom is 0.0991 e. The highest BCUT2D eigenvalue weighted by molar-refractivity contribution is 5.65. The van der Waals surface area contributed by atoms with E-state index < -0.39 is 0 Å². The number of benzene rings is 1. The molecule has 0 heterocycles. The summed E-state index contributed by atoms with van der Waals surface area (Å²) in [6.07, 6.45) is 3.28. The maximum atomic E-state index is 8.77. The lowest BCUT2D eigenvalue weighted by Gasteiger charge is -2.04. The molecule has 1 aliphatic carbocycles. The van der Waals surface area contributed by atoms with E-state index >= 15 is 0 Å². The van der Waals surface area contributed by atoms with E-state index in [4.69, 9.17) is 5.26 Å². The second-order valence-electron chi connectivity index (χ2n) is 4.08. The Morgan fingerprint density at radius 1 is 1.36 bits per heavy atom. The topological polar surface area (TPSA) is 23.8 Å². The fourth-order valence-corrected chi connectivity index (χ4v) is 1.80. The van der Waals surface area contributed by atoms with Gasteiger partial charge in [0.1, 0.15) is 0 Å². The van der Waals surface area contributed by atoms with E-state index in [9.17, 15) is 0 Å². The van der Waals surface area contributed by atoms with E-state index in [1.54, 1.807) is 0 Å². The van der Waals surface area contributed by atoms with Gasteiger partial charge in [0.15, 0.2) is 0 Å². The van der Waals surface area contributed by atoms with Crippen molar-refractivity contribution in [2.45, 2.75) is 20.3 Å². The number of rotatable bonds is 1. The average molecular weight is 183 g/mol. The first-order chi connectivity index (χ1) is 6.70. The van der Waals surface area contributed by atoms with E-state index in [1.165, 1.54) is 16.7 Å². The molecule has 0 unspecified atom stereocenters. The van der Waals surface area contributed by atoms with Crippen LogP contribution in [-0.4, -0.2) is 0 Å². The van der Waals surface area contributed by atoms with Gasteiger partial charge in [-0.05, 0) is 35.6 Å². The summed E-state index contributed by atoms with van der Waals surface area (Å²) in [5.41, 5.74) is 4.81. The number of nitrogens with zero attached hydrogens (tertiary/aromatic N) is 1.